The van der Waals surface area contributed by atoms with Gasteiger partial charge < -0.3 is 4.90 Å². The van der Waals surface area contributed by atoms with Gasteiger partial charge >= 0.3 is 0 Å². The average molecular weight is 427 g/mol. The van der Waals surface area contributed by atoms with E-state index in [1.54, 1.807) is 12.1 Å². The third kappa shape index (κ3) is 4.53. The van der Waals surface area contributed by atoms with Crippen LogP contribution in [0.3, 0.4) is 0 Å². The number of sulfonamides is 1. The van der Waals surface area contributed by atoms with E-state index in [1.165, 1.54) is 9.87 Å². The highest BCUT2D eigenvalue weighted by molar-refractivity contribution is 7.92. The molecule has 2 saturated heterocycles. The summed E-state index contributed by atoms with van der Waals surface area (Å²) in [4.78, 5) is 15.0. The SMILES string of the molecule is Cc1cc(C(=O)N2CCC(Cc3ccccc3)CC2)ccc1N1CCCCS1(=O)=O. The molecule has 0 aromatic heterocycles. The van der Waals surface area contributed by atoms with Crippen LogP contribution in [0.2, 0.25) is 0 Å². The summed E-state index contributed by atoms with van der Waals surface area (Å²) in [6, 6.07) is 16.0. The first-order valence-corrected chi connectivity index (χ1v) is 12.5. The second kappa shape index (κ2) is 8.80. The van der Waals surface area contributed by atoms with Gasteiger partial charge in [0.15, 0.2) is 0 Å². The van der Waals surface area contributed by atoms with E-state index in [2.05, 4.69) is 24.3 Å². The van der Waals surface area contributed by atoms with Crippen molar-refractivity contribution in [1.82, 2.24) is 4.90 Å². The van der Waals surface area contributed by atoms with E-state index >= 15 is 0 Å². The average Bonchev–Trinajstić information content (AvgIpc) is 2.75. The van der Waals surface area contributed by atoms with Crippen LogP contribution in [0.1, 0.15) is 47.2 Å². The Labute approximate surface area is 179 Å². The number of piperidine rings is 1. The van der Waals surface area contributed by atoms with Crippen LogP contribution in [0.25, 0.3) is 0 Å². The third-order valence-electron chi connectivity index (χ3n) is 6.33. The molecule has 0 unspecified atom stereocenters. The van der Waals surface area contributed by atoms with Gasteiger partial charge in [0.05, 0.1) is 11.4 Å². The van der Waals surface area contributed by atoms with E-state index in [1.807, 2.05) is 24.0 Å². The van der Waals surface area contributed by atoms with Crippen molar-refractivity contribution in [3.63, 3.8) is 0 Å². The van der Waals surface area contributed by atoms with Crippen molar-refractivity contribution in [3.05, 3.63) is 65.2 Å². The first-order valence-electron chi connectivity index (χ1n) is 10.9. The molecule has 160 valence electrons. The van der Waals surface area contributed by atoms with Crippen molar-refractivity contribution in [1.29, 1.82) is 0 Å². The summed E-state index contributed by atoms with van der Waals surface area (Å²) in [6.07, 6.45) is 4.69. The predicted molar refractivity (Wildman–Crippen MR) is 120 cm³/mol. The zero-order chi connectivity index (χ0) is 21.1. The van der Waals surface area contributed by atoms with Crippen molar-refractivity contribution in [2.75, 3.05) is 29.7 Å². The number of hydrogen-bond acceptors (Lipinski definition) is 3. The van der Waals surface area contributed by atoms with Crippen molar-refractivity contribution in [3.8, 4) is 0 Å². The Bertz CT molecular complexity index is 996. The summed E-state index contributed by atoms with van der Waals surface area (Å²) in [5, 5.41) is 0. The van der Waals surface area contributed by atoms with Crippen LogP contribution in [-0.4, -0.2) is 44.6 Å². The maximum Gasteiger partial charge on any atom is 0.253 e. The first kappa shape index (κ1) is 20.9. The lowest BCUT2D eigenvalue weighted by molar-refractivity contribution is 0.0690. The summed E-state index contributed by atoms with van der Waals surface area (Å²) in [6.45, 7) is 3.96. The molecule has 0 aliphatic carbocycles. The van der Waals surface area contributed by atoms with E-state index in [4.69, 9.17) is 0 Å². The maximum atomic E-state index is 13.0. The minimum Gasteiger partial charge on any atom is -0.339 e. The lowest BCUT2D eigenvalue weighted by Gasteiger charge is -2.33. The smallest absolute Gasteiger partial charge is 0.253 e. The van der Waals surface area contributed by atoms with Gasteiger partial charge in [0.1, 0.15) is 0 Å². The topological polar surface area (TPSA) is 57.7 Å². The van der Waals surface area contributed by atoms with Gasteiger partial charge in [-0.2, -0.15) is 0 Å². The molecular formula is C24H30N2O3S. The minimum atomic E-state index is -3.25. The van der Waals surface area contributed by atoms with Gasteiger partial charge in [-0.3, -0.25) is 9.10 Å². The third-order valence-corrected chi connectivity index (χ3v) is 8.19. The fourth-order valence-electron chi connectivity index (χ4n) is 4.60. The molecule has 4 rings (SSSR count). The molecule has 2 aromatic carbocycles. The van der Waals surface area contributed by atoms with Crippen molar-refractivity contribution >= 4 is 21.6 Å². The van der Waals surface area contributed by atoms with Gasteiger partial charge in [-0.15, -0.1) is 0 Å². The van der Waals surface area contributed by atoms with E-state index in [0.29, 0.717) is 30.1 Å². The van der Waals surface area contributed by atoms with Gasteiger partial charge in [-0.25, -0.2) is 8.42 Å². The van der Waals surface area contributed by atoms with Gasteiger partial charge in [-0.1, -0.05) is 30.3 Å². The number of rotatable bonds is 4. The fraction of sp³-hybridized carbons (Fsp3) is 0.458. The van der Waals surface area contributed by atoms with E-state index < -0.39 is 10.0 Å². The number of nitrogens with zero attached hydrogens (tertiary/aromatic N) is 2. The summed E-state index contributed by atoms with van der Waals surface area (Å²) < 4.78 is 26.3. The Kier molecular flexibility index (Phi) is 6.14. The number of aryl methyl sites for hydroxylation is 1. The molecule has 0 N–H and O–H groups in total. The van der Waals surface area contributed by atoms with Crippen LogP contribution in [-0.2, 0) is 16.4 Å². The molecule has 0 radical (unpaired) electrons. The van der Waals surface area contributed by atoms with E-state index in [-0.39, 0.29) is 11.7 Å². The molecule has 0 atom stereocenters. The summed E-state index contributed by atoms with van der Waals surface area (Å²) >= 11 is 0. The molecule has 2 aromatic rings. The second-order valence-corrected chi connectivity index (χ2v) is 10.5. The molecule has 2 heterocycles. The van der Waals surface area contributed by atoms with E-state index in [9.17, 15) is 13.2 Å². The molecule has 5 nitrogen and oxygen atoms in total. The number of benzene rings is 2. The summed E-state index contributed by atoms with van der Waals surface area (Å²) in [7, 11) is -3.25. The number of anilines is 1. The molecular weight excluding hydrogens is 396 g/mol. The Hall–Kier alpha value is -2.34. The monoisotopic (exact) mass is 426 g/mol. The molecule has 6 heteroatoms. The van der Waals surface area contributed by atoms with Crippen LogP contribution in [0.5, 0.6) is 0 Å². The van der Waals surface area contributed by atoms with E-state index in [0.717, 1.165) is 44.3 Å². The number of carbonyl (C=O) groups excluding carboxylic acids is 1. The highest BCUT2D eigenvalue weighted by Crippen LogP contribution is 2.29. The van der Waals surface area contributed by atoms with Crippen LogP contribution in [0.4, 0.5) is 5.69 Å². The summed E-state index contributed by atoms with van der Waals surface area (Å²) in [5.41, 5.74) is 3.55. The second-order valence-electron chi connectivity index (χ2n) is 8.52. The molecule has 2 fully saturated rings. The number of amides is 1. The maximum absolute atomic E-state index is 13.0. The van der Waals surface area contributed by atoms with Gasteiger partial charge in [0.2, 0.25) is 10.0 Å². The quantitative estimate of drug-likeness (QED) is 0.742. The first-order chi connectivity index (χ1) is 14.4. The largest absolute Gasteiger partial charge is 0.339 e. The van der Waals surface area contributed by atoms with Crippen LogP contribution in [0, 0.1) is 12.8 Å². The van der Waals surface area contributed by atoms with Crippen molar-refractivity contribution in [2.45, 2.75) is 39.0 Å². The Balaban J connectivity index is 1.40. The molecule has 30 heavy (non-hydrogen) atoms. The minimum absolute atomic E-state index is 0.0457. The number of carbonyl (C=O) groups is 1. The standard InChI is InChI=1S/C24H30N2O3S/c1-19-17-22(9-10-23(19)26-13-5-6-16-30(26,28)29)24(27)25-14-11-21(12-15-25)18-20-7-3-2-4-8-20/h2-4,7-10,17,21H,5-6,11-16,18H2,1H3. The van der Waals surface area contributed by atoms with Crippen LogP contribution < -0.4 is 4.31 Å². The Morgan fingerprint density at radius 2 is 1.73 bits per heavy atom. The Morgan fingerprint density at radius 1 is 1.00 bits per heavy atom. The molecule has 1 amide bonds. The normalized spacial score (nSPS) is 19.6. The highest BCUT2D eigenvalue weighted by atomic mass is 32.2. The van der Waals surface area contributed by atoms with Crippen LogP contribution >= 0.6 is 0 Å². The van der Waals surface area contributed by atoms with Crippen molar-refractivity contribution < 1.29 is 13.2 Å². The fourth-order valence-corrected chi connectivity index (χ4v) is 6.30. The van der Waals surface area contributed by atoms with Crippen LogP contribution in [0.15, 0.2) is 48.5 Å². The Morgan fingerprint density at radius 3 is 2.40 bits per heavy atom. The molecule has 2 aliphatic heterocycles. The number of likely N-dealkylation sites (tertiary alicyclic amines) is 1. The summed E-state index contributed by atoms with van der Waals surface area (Å²) in [5.74, 6) is 0.861. The molecule has 2 aliphatic rings. The highest BCUT2D eigenvalue weighted by Gasteiger charge is 2.28. The molecule has 0 spiro atoms. The van der Waals surface area contributed by atoms with Gasteiger partial charge in [-0.05, 0) is 74.3 Å². The molecule has 0 saturated carbocycles. The number of hydrogen-bond donors (Lipinski definition) is 0. The predicted octanol–water partition coefficient (Wildman–Crippen LogP) is 4.02. The lowest BCUT2D eigenvalue weighted by atomic mass is 9.90. The zero-order valence-electron chi connectivity index (χ0n) is 17.6. The molecule has 0 bridgehead atoms. The van der Waals surface area contributed by atoms with Gasteiger partial charge in [0, 0.05) is 25.2 Å². The zero-order valence-corrected chi connectivity index (χ0v) is 18.4. The van der Waals surface area contributed by atoms with Crippen molar-refractivity contribution in [2.24, 2.45) is 5.92 Å². The lowest BCUT2D eigenvalue weighted by Crippen LogP contribution is -2.39. The van der Waals surface area contributed by atoms with Gasteiger partial charge in [0.25, 0.3) is 5.91 Å².